The Morgan fingerprint density at radius 2 is 2.07 bits per heavy atom. The SMILES string of the molecule is O=S(=O)(Nc1nccs1)c1cc(Cl)c(NCCCCNCC2(O)CNC2)cc1F. The van der Waals surface area contributed by atoms with Crippen molar-refractivity contribution in [3.8, 4) is 0 Å². The number of nitrogens with zero attached hydrogens (tertiary/aromatic N) is 1. The first kappa shape index (κ1) is 22.2. The van der Waals surface area contributed by atoms with Crippen molar-refractivity contribution in [1.82, 2.24) is 15.6 Å². The summed E-state index contributed by atoms with van der Waals surface area (Å²) in [6.07, 6.45) is 3.11. The fourth-order valence-electron chi connectivity index (χ4n) is 2.77. The third kappa shape index (κ3) is 6.00. The van der Waals surface area contributed by atoms with Gasteiger partial charge in [-0.05, 0) is 31.5 Å². The molecule has 0 bridgehead atoms. The molecule has 5 N–H and O–H groups in total. The van der Waals surface area contributed by atoms with Gasteiger partial charge in [0.1, 0.15) is 16.3 Å². The van der Waals surface area contributed by atoms with Gasteiger partial charge in [0.2, 0.25) is 0 Å². The van der Waals surface area contributed by atoms with Crippen molar-refractivity contribution in [2.45, 2.75) is 23.3 Å². The van der Waals surface area contributed by atoms with Crippen LogP contribution in [0.3, 0.4) is 0 Å². The third-order valence-corrected chi connectivity index (χ3v) is 6.91. The lowest BCUT2D eigenvalue weighted by Gasteiger charge is -2.37. The number of benzene rings is 1. The van der Waals surface area contributed by atoms with Gasteiger partial charge in [0.25, 0.3) is 10.0 Å². The second-order valence-electron chi connectivity index (χ2n) is 6.84. The molecule has 0 atom stereocenters. The summed E-state index contributed by atoms with van der Waals surface area (Å²) in [4.78, 5) is 3.30. The molecular formula is C17H23ClFN5O3S2. The lowest BCUT2D eigenvalue weighted by atomic mass is 9.97. The van der Waals surface area contributed by atoms with Crippen molar-refractivity contribution in [2.75, 3.05) is 42.8 Å². The Balaban J connectivity index is 1.47. The maximum Gasteiger partial charge on any atom is 0.266 e. The molecule has 8 nitrogen and oxygen atoms in total. The lowest BCUT2D eigenvalue weighted by molar-refractivity contribution is -0.00822. The quantitative estimate of drug-likeness (QED) is 0.323. The number of nitrogens with one attached hydrogen (secondary N) is 4. The zero-order chi connectivity index (χ0) is 20.9. The molecule has 3 rings (SSSR count). The maximum absolute atomic E-state index is 14.4. The van der Waals surface area contributed by atoms with Gasteiger partial charge in [0.05, 0.1) is 10.7 Å². The highest BCUT2D eigenvalue weighted by Gasteiger charge is 2.33. The predicted octanol–water partition coefficient (Wildman–Crippen LogP) is 1.85. The van der Waals surface area contributed by atoms with Crippen molar-refractivity contribution < 1.29 is 17.9 Å². The molecule has 160 valence electrons. The summed E-state index contributed by atoms with van der Waals surface area (Å²) >= 11 is 7.24. The standard InChI is InChI=1S/C17H23ClFN5O3S2/c18-12-7-15(29(26,27)24-16-23-5-6-28-16)13(19)8-14(12)22-4-2-1-3-20-9-17(25)10-21-11-17/h5-8,20-22,25H,1-4,9-11H2,(H,23,24). The van der Waals surface area contributed by atoms with E-state index in [9.17, 15) is 17.9 Å². The topological polar surface area (TPSA) is 115 Å². The van der Waals surface area contributed by atoms with E-state index in [2.05, 4.69) is 25.7 Å². The molecule has 12 heteroatoms. The molecular weight excluding hydrogens is 441 g/mol. The van der Waals surface area contributed by atoms with Gasteiger partial charge in [-0.25, -0.2) is 17.8 Å². The minimum absolute atomic E-state index is 0.115. The van der Waals surface area contributed by atoms with Gasteiger partial charge in [0.15, 0.2) is 5.13 Å². The maximum atomic E-state index is 14.4. The van der Waals surface area contributed by atoms with Crippen molar-refractivity contribution >= 4 is 43.8 Å². The molecule has 0 amide bonds. The van der Waals surface area contributed by atoms with Gasteiger partial charge >= 0.3 is 0 Å². The van der Waals surface area contributed by atoms with Crippen LogP contribution in [0.5, 0.6) is 0 Å². The van der Waals surface area contributed by atoms with Gasteiger partial charge in [-0.3, -0.25) is 4.72 Å². The first-order chi connectivity index (χ1) is 13.8. The minimum atomic E-state index is -4.12. The monoisotopic (exact) mass is 463 g/mol. The molecule has 0 radical (unpaired) electrons. The number of aromatic nitrogens is 1. The number of sulfonamides is 1. The molecule has 1 fully saturated rings. The summed E-state index contributed by atoms with van der Waals surface area (Å²) in [5, 5.41) is 21.1. The van der Waals surface area contributed by atoms with Gasteiger partial charge in [-0.1, -0.05) is 11.6 Å². The number of aliphatic hydroxyl groups is 1. The zero-order valence-corrected chi connectivity index (χ0v) is 17.9. The van der Waals surface area contributed by atoms with Crippen LogP contribution in [0.1, 0.15) is 12.8 Å². The largest absolute Gasteiger partial charge is 0.386 e. The summed E-state index contributed by atoms with van der Waals surface area (Å²) in [5.41, 5.74) is -0.306. The smallest absolute Gasteiger partial charge is 0.266 e. The predicted molar refractivity (Wildman–Crippen MR) is 113 cm³/mol. The Bertz CT molecular complexity index is 923. The Morgan fingerprint density at radius 1 is 1.31 bits per heavy atom. The van der Waals surface area contributed by atoms with Crippen LogP contribution < -0.4 is 20.7 Å². The zero-order valence-electron chi connectivity index (χ0n) is 15.5. The molecule has 2 heterocycles. The van der Waals surface area contributed by atoms with E-state index in [-0.39, 0.29) is 10.2 Å². The van der Waals surface area contributed by atoms with Crippen molar-refractivity contribution in [1.29, 1.82) is 0 Å². The van der Waals surface area contributed by atoms with E-state index in [1.807, 2.05) is 0 Å². The molecule has 1 aromatic heterocycles. The van der Waals surface area contributed by atoms with Gasteiger partial charge in [-0.15, -0.1) is 11.3 Å². The highest BCUT2D eigenvalue weighted by Crippen LogP contribution is 2.29. The van der Waals surface area contributed by atoms with E-state index in [0.717, 1.165) is 42.9 Å². The second-order valence-corrected chi connectivity index (χ2v) is 9.80. The van der Waals surface area contributed by atoms with Crippen LogP contribution in [0.25, 0.3) is 0 Å². The third-order valence-electron chi connectivity index (χ3n) is 4.42. The Hall–Kier alpha value is -1.50. The highest BCUT2D eigenvalue weighted by atomic mass is 35.5. The van der Waals surface area contributed by atoms with E-state index in [1.54, 1.807) is 5.38 Å². The van der Waals surface area contributed by atoms with Crippen LogP contribution >= 0.6 is 22.9 Å². The number of hydrogen-bond acceptors (Lipinski definition) is 8. The van der Waals surface area contributed by atoms with E-state index in [0.29, 0.717) is 31.9 Å². The van der Waals surface area contributed by atoms with Crippen molar-refractivity contribution in [2.24, 2.45) is 0 Å². The number of unbranched alkanes of at least 4 members (excludes halogenated alkanes) is 1. The molecule has 1 aliphatic heterocycles. The molecule has 0 aliphatic carbocycles. The van der Waals surface area contributed by atoms with E-state index in [4.69, 9.17) is 11.6 Å². The fourth-order valence-corrected chi connectivity index (χ4v) is 4.94. The lowest BCUT2D eigenvalue weighted by Crippen LogP contribution is -2.64. The van der Waals surface area contributed by atoms with Crippen LogP contribution in [-0.2, 0) is 10.0 Å². The summed E-state index contributed by atoms with van der Waals surface area (Å²) in [6, 6.07) is 2.17. The summed E-state index contributed by atoms with van der Waals surface area (Å²) in [5.74, 6) is -0.898. The van der Waals surface area contributed by atoms with Gasteiger partial charge in [-0.2, -0.15) is 0 Å². The van der Waals surface area contributed by atoms with E-state index in [1.165, 1.54) is 6.20 Å². The second kappa shape index (κ2) is 9.54. The van der Waals surface area contributed by atoms with Gasteiger partial charge in [0, 0.05) is 37.8 Å². The van der Waals surface area contributed by atoms with Crippen LogP contribution in [0, 0.1) is 5.82 Å². The number of thiazole rings is 1. The molecule has 0 unspecified atom stereocenters. The Kier molecular flexibility index (Phi) is 7.30. The molecule has 29 heavy (non-hydrogen) atoms. The summed E-state index contributed by atoms with van der Waals surface area (Å²) in [6.45, 7) is 3.07. The van der Waals surface area contributed by atoms with Gasteiger partial charge < -0.3 is 21.1 Å². The highest BCUT2D eigenvalue weighted by molar-refractivity contribution is 7.93. The first-order valence-corrected chi connectivity index (χ1v) is 11.8. The minimum Gasteiger partial charge on any atom is -0.386 e. The van der Waals surface area contributed by atoms with Crippen LogP contribution in [-0.4, -0.2) is 56.8 Å². The van der Waals surface area contributed by atoms with E-state index >= 15 is 0 Å². The molecule has 1 aliphatic rings. The van der Waals surface area contributed by atoms with Crippen LogP contribution in [0.2, 0.25) is 5.02 Å². The fraction of sp³-hybridized carbons (Fsp3) is 0.471. The average Bonchev–Trinajstić information content (AvgIpc) is 3.13. The van der Waals surface area contributed by atoms with Crippen molar-refractivity contribution in [3.63, 3.8) is 0 Å². The Labute approximate surface area is 177 Å². The number of halogens is 2. The number of β-amino-alcohol motifs (C(OH)–C–C–N with tert-alkyl or cyclic N) is 1. The van der Waals surface area contributed by atoms with Crippen molar-refractivity contribution in [3.05, 3.63) is 34.5 Å². The number of anilines is 2. The molecule has 0 saturated carbocycles. The summed E-state index contributed by atoms with van der Waals surface area (Å²) < 4.78 is 41.3. The summed E-state index contributed by atoms with van der Waals surface area (Å²) in [7, 11) is -4.12. The molecule has 1 aromatic carbocycles. The molecule has 2 aromatic rings. The molecule has 1 saturated heterocycles. The van der Waals surface area contributed by atoms with Crippen LogP contribution in [0.15, 0.2) is 28.6 Å². The Morgan fingerprint density at radius 3 is 2.72 bits per heavy atom. The number of hydrogen-bond donors (Lipinski definition) is 5. The van der Waals surface area contributed by atoms with Crippen LogP contribution in [0.4, 0.5) is 15.2 Å². The normalized spacial score (nSPS) is 15.7. The number of rotatable bonds is 11. The average molecular weight is 464 g/mol. The first-order valence-electron chi connectivity index (χ1n) is 9.08. The van der Waals surface area contributed by atoms with E-state index < -0.39 is 26.3 Å². The molecule has 0 spiro atoms.